The van der Waals surface area contributed by atoms with Gasteiger partial charge in [0.15, 0.2) is 0 Å². The molecule has 6 aliphatic carbocycles. The monoisotopic (exact) mass is 1160 g/mol. The zero-order valence-corrected chi connectivity index (χ0v) is 53.1. The topological polar surface area (TPSA) is 0 Å². The first-order valence-corrected chi connectivity index (χ1v) is 35.1. The smallest absolute Gasteiger partial charge is 0.123 e. The summed E-state index contributed by atoms with van der Waals surface area (Å²) in [7, 11) is 0. The largest absolute Gasteiger partial charge is 0.207 e. The van der Waals surface area contributed by atoms with Crippen LogP contribution in [0.1, 0.15) is 294 Å². The van der Waals surface area contributed by atoms with Crippen molar-refractivity contribution in [3.8, 4) is 11.1 Å². The van der Waals surface area contributed by atoms with E-state index in [1.807, 2.05) is 48.5 Å². The van der Waals surface area contributed by atoms with Crippen LogP contribution >= 0.6 is 11.6 Å². The molecule has 0 aliphatic heterocycles. The van der Waals surface area contributed by atoms with Crippen LogP contribution in [0.4, 0.5) is 13.2 Å². The Morgan fingerprint density at radius 3 is 0.904 bits per heavy atom. The summed E-state index contributed by atoms with van der Waals surface area (Å²) in [6, 6.07) is 38.6. The molecule has 0 heterocycles. The fraction of sp³-hybridized carbons (Fsp3) is 0.620. The summed E-state index contributed by atoms with van der Waals surface area (Å²) >= 11 is 5.92. The predicted molar refractivity (Wildman–Crippen MR) is 363 cm³/mol. The number of hydrogen-bond acceptors (Lipinski definition) is 0. The molecular formula is C79H122ClF3. The van der Waals surface area contributed by atoms with Gasteiger partial charge in [-0.25, -0.2) is 13.2 Å². The number of hydrogen-bond donors (Lipinski definition) is 0. The highest BCUT2D eigenvalue weighted by Crippen LogP contribution is 2.47. The van der Waals surface area contributed by atoms with Gasteiger partial charge in [-0.1, -0.05) is 196 Å². The molecule has 0 atom stereocenters. The summed E-state index contributed by atoms with van der Waals surface area (Å²) in [5, 5.41) is 0.850. The highest BCUT2D eigenvalue weighted by molar-refractivity contribution is 6.30. The summed E-state index contributed by atoms with van der Waals surface area (Å²) in [6.07, 6.45) is 46.2. The molecule has 0 N–H and O–H groups in total. The van der Waals surface area contributed by atoms with Crippen molar-refractivity contribution >= 4 is 11.6 Å². The maximum Gasteiger partial charge on any atom is 0.123 e. The average Bonchev–Trinajstić information content (AvgIpc) is 2.17. The first kappa shape index (κ1) is 65.2. The van der Waals surface area contributed by atoms with Crippen LogP contribution in [0.15, 0.2) is 121 Å². The Hall–Kier alpha value is -3.82. The van der Waals surface area contributed by atoms with Crippen molar-refractivity contribution in [1.82, 2.24) is 0 Å². The summed E-state index contributed by atoms with van der Waals surface area (Å²) in [6.45, 7) is 9.25. The lowest BCUT2D eigenvalue weighted by molar-refractivity contribution is 0.156. The molecule has 0 unspecified atom stereocenters. The Balaban J connectivity index is 0.000000399. The van der Waals surface area contributed by atoms with E-state index in [0.29, 0.717) is 11.8 Å². The lowest BCUT2D eigenvalue weighted by atomic mass is 9.68. The Labute approximate surface area is 518 Å². The van der Waals surface area contributed by atoms with E-state index < -0.39 is 0 Å². The van der Waals surface area contributed by atoms with E-state index in [9.17, 15) is 13.2 Å². The van der Waals surface area contributed by atoms with Gasteiger partial charge in [0.2, 0.25) is 0 Å². The van der Waals surface area contributed by atoms with E-state index in [0.717, 1.165) is 69.8 Å². The van der Waals surface area contributed by atoms with Gasteiger partial charge in [0, 0.05) is 13.6 Å². The molecule has 5 aromatic carbocycles. The second-order valence-corrected chi connectivity index (χ2v) is 27.9. The van der Waals surface area contributed by atoms with Gasteiger partial charge in [0.05, 0.1) is 0 Å². The third kappa shape index (κ3) is 20.9. The molecule has 6 aliphatic rings. The second-order valence-electron chi connectivity index (χ2n) is 27.5. The van der Waals surface area contributed by atoms with Gasteiger partial charge in [0.25, 0.3) is 0 Å². The van der Waals surface area contributed by atoms with Gasteiger partial charge in [-0.15, -0.1) is 0 Å². The second kappa shape index (κ2) is 35.1. The molecule has 0 aromatic heterocycles. The van der Waals surface area contributed by atoms with Gasteiger partial charge < -0.3 is 0 Å². The fourth-order valence-electron chi connectivity index (χ4n) is 16.7. The van der Waals surface area contributed by atoms with E-state index in [1.54, 1.807) is 24.3 Å². The van der Waals surface area contributed by atoms with Gasteiger partial charge >= 0.3 is 0 Å². The van der Waals surface area contributed by atoms with Gasteiger partial charge in [-0.2, -0.15) is 0 Å². The van der Waals surface area contributed by atoms with Crippen molar-refractivity contribution < 1.29 is 21.7 Å². The van der Waals surface area contributed by atoms with Crippen molar-refractivity contribution in [1.29, 1.82) is 0 Å². The quantitative estimate of drug-likeness (QED) is 0.0864. The summed E-state index contributed by atoms with van der Waals surface area (Å²) in [5.74, 6) is 10.4. The first-order valence-electron chi connectivity index (χ1n) is 34.7. The highest BCUT2D eigenvalue weighted by Gasteiger charge is 2.33. The number of halogens is 4. The number of unbranched alkanes of at least 4 members (excludes halogenated alkanes) is 2. The molecular weight excluding hydrogens is 1040 g/mol. The van der Waals surface area contributed by atoms with Crippen molar-refractivity contribution in [2.75, 3.05) is 0 Å². The molecule has 0 amide bonds. The molecule has 83 heavy (non-hydrogen) atoms. The molecule has 466 valence electrons. The highest BCUT2D eigenvalue weighted by atomic mass is 35.5. The standard InChI is InChI=1S/C23H29F.C21H31F.C20H29F.C15H21Cl.6H2/c1-2-3-4-5-18-6-8-19(9-7-18)20-10-12-21(13-11-20)22-14-16-23(24)17-15-22;1-2-3-16-4-6-17(7-5-16)18-8-10-19(11-9-18)20-12-14-21(22)15-13-20;1-2-15-3-5-16(6-4-15)17-7-9-18(10-8-17)19-11-13-20(21)14-12-19;1-2-3-12-4-6-13(7-5-12)14-8-10-15(16)11-9-14;;;;;;/h10-19H,2-9H2,1H3;12-19H,2-11H2,1H3;11-18H,2-10H2,1H3;8-13H,2-7H2,1H3;6*1H. The van der Waals surface area contributed by atoms with Crippen LogP contribution in [0.2, 0.25) is 5.02 Å². The Morgan fingerprint density at radius 1 is 0.301 bits per heavy atom. The molecule has 0 saturated heterocycles. The van der Waals surface area contributed by atoms with Crippen LogP contribution in [0.5, 0.6) is 0 Å². The van der Waals surface area contributed by atoms with Crippen LogP contribution in [0.3, 0.4) is 0 Å². The molecule has 0 nitrogen and oxygen atoms in total. The van der Waals surface area contributed by atoms with E-state index >= 15 is 0 Å². The zero-order chi connectivity index (χ0) is 58.2. The van der Waals surface area contributed by atoms with E-state index in [4.69, 9.17) is 11.6 Å². The third-order valence-electron chi connectivity index (χ3n) is 22.1. The molecule has 0 spiro atoms. The van der Waals surface area contributed by atoms with Crippen LogP contribution in [0.25, 0.3) is 11.1 Å². The summed E-state index contributed by atoms with van der Waals surface area (Å²) < 4.78 is 39.1. The molecule has 5 aromatic rings. The molecule has 6 fully saturated rings. The van der Waals surface area contributed by atoms with Crippen LogP contribution in [-0.4, -0.2) is 0 Å². The minimum Gasteiger partial charge on any atom is -0.207 e. The third-order valence-corrected chi connectivity index (χ3v) is 22.4. The van der Waals surface area contributed by atoms with Gasteiger partial charge in [-0.3, -0.25) is 0 Å². The molecule has 0 radical (unpaired) electrons. The number of rotatable bonds is 16. The maximum absolute atomic E-state index is 13.0. The lowest BCUT2D eigenvalue weighted by Gasteiger charge is -2.38. The zero-order valence-electron chi connectivity index (χ0n) is 52.3. The first-order chi connectivity index (χ1) is 40.6. The average molecular weight is 1160 g/mol. The van der Waals surface area contributed by atoms with Crippen molar-refractivity contribution in [2.24, 2.45) is 47.3 Å². The van der Waals surface area contributed by atoms with E-state index in [2.05, 4.69) is 64.1 Å². The molecule has 11 rings (SSSR count). The van der Waals surface area contributed by atoms with Gasteiger partial charge in [0.1, 0.15) is 17.5 Å². The SMILES string of the molecule is CCC1CCC(C2CCC(c3ccc(F)cc3)CC2)CC1.CCCC1CCC(C2CCC(c3ccc(F)cc3)CC2)CC1.CCCC1CCC(c2ccc(Cl)cc2)CC1.CCCCCC1CCC(c2ccc(-c3ccc(F)cc3)cc2)CC1.[HH].[HH].[HH].[HH].[HH].[HH]. The minimum absolute atomic E-state index is 0. The minimum atomic E-state index is -0.175. The van der Waals surface area contributed by atoms with E-state index in [-0.39, 0.29) is 26.0 Å². The Bertz CT molecular complexity index is 2500. The summed E-state index contributed by atoms with van der Waals surface area (Å²) in [5.41, 5.74) is 7.93. The normalized spacial score (nSPS) is 28.2. The Kier molecular flexibility index (Phi) is 27.6. The van der Waals surface area contributed by atoms with Crippen molar-refractivity contribution in [3.05, 3.63) is 166 Å². The van der Waals surface area contributed by atoms with E-state index in [1.165, 1.54) is 252 Å². The maximum atomic E-state index is 13.0. The summed E-state index contributed by atoms with van der Waals surface area (Å²) in [4.78, 5) is 0. The number of benzene rings is 5. The van der Waals surface area contributed by atoms with Crippen LogP contribution < -0.4 is 0 Å². The molecule has 0 bridgehead atoms. The van der Waals surface area contributed by atoms with Crippen molar-refractivity contribution in [2.45, 2.75) is 263 Å². The van der Waals surface area contributed by atoms with Crippen LogP contribution in [-0.2, 0) is 0 Å². The Morgan fingerprint density at radius 2 is 0.566 bits per heavy atom. The van der Waals surface area contributed by atoms with Crippen LogP contribution in [0, 0.1) is 64.8 Å². The molecule has 6 saturated carbocycles. The van der Waals surface area contributed by atoms with Crippen molar-refractivity contribution in [3.63, 3.8) is 0 Å². The fourth-order valence-corrected chi connectivity index (χ4v) is 16.9. The lowest BCUT2D eigenvalue weighted by Crippen LogP contribution is -2.25. The predicted octanol–water partition coefficient (Wildman–Crippen LogP) is 27.3. The molecule has 4 heteroatoms. The van der Waals surface area contributed by atoms with Gasteiger partial charge in [-0.05, 0) is 281 Å².